The summed E-state index contributed by atoms with van der Waals surface area (Å²) in [7, 11) is -1.09. The Morgan fingerprint density at radius 3 is 2.76 bits per heavy atom. The minimum Gasteiger partial charge on any atom is -0.439 e. The summed E-state index contributed by atoms with van der Waals surface area (Å²) in [6.45, 7) is 0. The SMILES string of the molecule is Cn1c(CC2CCS(=O)(=O)C2)nnc1Sc1nccc(Oc2ccc(F)cc2)n1. The van der Waals surface area contributed by atoms with Gasteiger partial charge in [0.25, 0.3) is 0 Å². The number of sulfone groups is 1. The van der Waals surface area contributed by atoms with Crippen LogP contribution in [0.2, 0.25) is 0 Å². The molecule has 0 aliphatic carbocycles. The number of halogens is 1. The first-order valence-electron chi connectivity index (χ1n) is 8.91. The van der Waals surface area contributed by atoms with E-state index < -0.39 is 9.84 Å². The topological polar surface area (TPSA) is 99.9 Å². The van der Waals surface area contributed by atoms with Gasteiger partial charge in [0.2, 0.25) is 5.88 Å². The molecule has 1 aromatic carbocycles. The molecule has 0 radical (unpaired) electrons. The summed E-state index contributed by atoms with van der Waals surface area (Å²) in [6, 6.07) is 7.26. The second-order valence-corrected chi connectivity index (χ2v) is 9.93. The monoisotopic (exact) mass is 435 g/mol. The summed E-state index contributed by atoms with van der Waals surface area (Å²) in [6.07, 6.45) is 2.79. The van der Waals surface area contributed by atoms with Gasteiger partial charge in [-0.1, -0.05) is 0 Å². The number of benzene rings is 1. The maximum absolute atomic E-state index is 13.0. The maximum atomic E-state index is 13.0. The molecule has 4 rings (SSSR count). The van der Waals surface area contributed by atoms with E-state index in [0.717, 1.165) is 5.82 Å². The lowest BCUT2D eigenvalue weighted by Gasteiger charge is -2.08. The Kier molecular flexibility index (Phi) is 5.50. The molecule has 11 heteroatoms. The summed E-state index contributed by atoms with van der Waals surface area (Å²) in [5, 5.41) is 9.40. The van der Waals surface area contributed by atoms with Crippen molar-refractivity contribution in [1.82, 2.24) is 24.7 Å². The first-order valence-corrected chi connectivity index (χ1v) is 11.5. The third kappa shape index (κ3) is 4.91. The lowest BCUT2D eigenvalue weighted by atomic mass is 10.1. The first-order chi connectivity index (χ1) is 13.9. The fourth-order valence-corrected chi connectivity index (χ4v) is 5.64. The Hall–Kier alpha value is -2.53. The van der Waals surface area contributed by atoms with Gasteiger partial charge in [-0.25, -0.2) is 17.8 Å². The van der Waals surface area contributed by atoms with E-state index >= 15 is 0 Å². The van der Waals surface area contributed by atoms with Gasteiger partial charge in [-0.05, 0) is 48.4 Å². The molecule has 0 saturated carbocycles. The van der Waals surface area contributed by atoms with Crippen LogP contribution in [0, 0.1) is 11.7 Å². The molecule has 3 aromatic rings. The number of hydrogen-bond donors (Lipinski definition) is 0. The average Bonchev–Trinajstić information content (AvgIpc) is 3.20. The normalized spacial score (nSPS) is 18.1. The Morgan fingerprint density at radius 2 is 2.03 bits per heavy atom. The molecule has 1 saturated heterocycles. The van der Waals surface area contributed by atoms with Crippen LogP contribution in [0.5, 0.6) is 11.6 Å². The molecule has 0 N–H and O–H groups in total. The average molecular weight is 436 g/mol. The summed E-state index contributed by atoms with van der Waals surface area (Å²) in [5.41, 5.74) is 0. The number of rotatable bonds is 6. The van der Waals surface area contributed by atoms with E-state index in [0.29, 0.717) is 34.8 Å². The van der Waals surface area contributed by atoms with Gasteiger partial charge in [0.1, 0.15) is 17.4 Å². The van der Waals surface area contributed by atoms with Crippen molar-refractivity contribution in [1.29, 1.82) is 0 Å². The second-order valence-electron chi connectivity index (χ2n) is 6.77. The van der Waals surface area contributed by atoms with Crippen LogP contribution in [0.4, 0.5) is 4.39 Å². The van der Waals surface area contributed by atoms with Crippen molar-refractivity contribution < 1.29 is 17.5 Å². The molecule has 1 unspecified atom stereocenters. The Labute approximate surface area is 171 Å². The van der Waals surface area contributed by atoms with Gasteiger partial charge in [-0.2, -0.15) is 4.98 Å². The predicted octanol–water partition coefficient (Wildman–Crippen LogP) is 2.66. The molecule has 1 fully saturated rings. The Balaban J connectivity index is 1.44. The summed E-state index contributed by atoms with van der Waals surface area (Å²) < 4.78 is 43.8. The van der Waals surface area contributed by atoms with E-state index in [1.54, 1.807) is 12.3 Å². The zero-order valence-corrected chi connectivity index (χ0v) is 17.2. The quantitative estimate of drug-likeness (QED) is 0.545. The lowest BCUT2D eigenvalue weighted by Crippen LogP contribution is -2.11. The van der Waals surface area contributed by atoms with Crippen LogP contribution in [0.25, 0.3) is 0 Å². The van der Waals surface area contributed by atoms with Crippen LogP contribution in [0.3, 0.4) is 0 Å². The van der Waals surface area contributed by atoms with E-state index in [2.05, 4.69) is 20.2 Å². The Morgan fingerprint density at radius 1 is 1.24 bits per heavy atom. The number of ether oxygens (including phenoxy) is 1. The van der Waals surface area contributed by atoms with Gasteiger partial charge >= 0.3 is 0 Å². The number of hydrogen-bond acceptors (Lipinski definition) is 8. The summed E-state index contributed by atoms with van der Waals surface area (Å²) >= 11 is 1.23. The van der Waals surface area contributed by atoms with Crippen molar-refractivity contribution in [3.63, 3.8) is 0 Å². The van der Waals surface area contributed by atoms with Gasteiger partial charge in [0.05, 0.1) is 11.5 Å². The predicted molar refractivity (Wildman–Crippen MR) is 104 cm³/mol. The largest absolute Gasteiger partial charge is 0.439 e. The van der Waals surface area contributed by atoms with E-state index in [1.807, 2.05) is 11.6 Å². The second kappa shape index (κ2) is 8.07. The molecular formula is C18H18FN5O3S2. The molecule has 1 aliphatic rings. The lowest BCUT2D eigenvalue weighted by molar-refractivity contribution is 0.454. The van der Waals surface area contributed by atoms with Crippen molar-refractivity contribution in [2.45, 2.75) is 23.2 Å². The van der Waals surface area contributed by atoms with Gasteiger partial charge in [0.15, 0.2) is 20.2 Å². The van der Waals surface area contributed by atoms with Crippen molar-refractivity contribution in [2.24, 2.45) is 13.0 Å². The molecule has 29 heavy (non-hydrogen) atoms. The van der Waals surface area contributed by atoms with E-state index in [-0.39, 0.29) is 23.2 Å². The van der Waals surface area contributed by atoms with Gasteiger partial charge in [-0.15, -0.1) is 10.2 Å². The van der Waals surface area contributed by atoms with Crippen molar-refractivity contribution >= 4 is 21.6 Å². The molecule has 8 nitrogen and oxygen atoms in total. The van der Waals surface area contributed by atoms with Gasteiger partial charge in [0, 0.05) is 25.7 Å². The molecular weight excluding hydrogens is 417 g/mol. The molecule has 152 valence electrons. The summed E-state index contributed by atoms with van der Waals surface area (Å²) in [4.78, 5) is 8.55. The standard InChI is InChI=1S/C18H18FN5O3S2/c1-24-15(10-12-7-9-29(25,26)11-12)22-23-18(24)28-17-20-8-6-16(21-17)27-14-4-2-13(19)3-5-14/h2-6,8,12H,7,9-11H2,1H3. The number of nitrogens with zero attached hydrogens (tertiary/aromatic N) is 5. The highest BCUT2D eigenvalue weighted by atomic mass is 32.2. The minimum absolute atomic E-state index is 0.0736. The molecule has 0 bridgehead atoms. The van der Waals surface area contributed by atoms with Crippen molar-refractivity contribution in [2.75, 3.05) is 11.5 Å². The zero-order valence-electron chi connectivity index (χ0n) is 15.5. The Bertz CT molecular complexity index is 1120. The van der Waals surface area contributed by atoms with Crippen LogP contribution in [-0.4, -0.2) is 44.7 Å². The number of aromatic nitrogens is 5. The molecule has 2 aromatic heterocycles. The minimum atomic E-state index is -2.92. The van der Waals surface area contributed by atoms with Crippen LogP contribution in [0.1, 0.15) is 12.2 Å². The van der Waals surface area contributed by atoms with Crippen molar-refractivity contribution in [3.05, 3.63) is 48.2 Å². The van der Waals surface area contributed by atoms with Crippen LogP contribution in [0.15, 0.2) is 46.8 Å². The van der Waals surface area contributed by atoms with E-state index in [1.165, 1.54) is 36.0 Å². The summed E-state index contributed by atoms with van der Waals surface area (Å²) in [5.74, 6) is 1.70. The van der Waals surface area contributed by atoms with E-state index in [4.69, 9.17) is 4.74 Å². The van der Waals surface area contributed by atoms with Gasteiger partial charge < -0.3 is 9.30 Å². The highest BCUT2D eigenvalue weighted by molar-refractivity contribution is 7.99. The fraction of sp³-hybridized carbons (Fsp3) is 0.333. The van der Waals surface area contributed by atoms with Crippen molar-refractivity contribution in [3.8, 4) is 11.6 Å². The fourth-order valence-electron chi connectivity index (χ4n) is 3.04. The molecule has 1 aliphatic heterocycles. The van der Waals surface area contributed by atoms with Crippen LogP contribution in [-0.2, 0) is 23.3 Å². The molecule has 3 heterocycles. The maximum Gasteiger partial charge on any atom is 0.223 e. The highest BCUT2D eigenvalue weighted by Gasteiger charge is 2.29. The third-order valence-electron chi connectivity index (χ3n) is 4.55. The van der Waals surface area contributed by atoms with Gasteiger partial charge in [-0.3, -0.25) is 0 Å². The zero-order chi connectivity index (χ0) is 20.4. The van der Waals surface area contributed by atoms with E-state index in [9.17, 15) is 12.8 Å². The molecule has 0 amide bonds. The molecule has 1 atom stereocenters. The van der Waals surface area contributed by atoms with Crippen LogP contribution < -0.4 is 4.74 Å². The first kappa shape index (κ1) is 19.8. The molecule has 0 spiro atoms. The smallest absolute Gasteiger partial charge is 0.223 e. The van der Waals surface area contributed by atoms with Crippen LogP contribution >= 0.6 is 11.8 Å². The highest BCUT2D eigenvalue weighted by Crippen LogP contribution is 2.28. The third-order valence-corrected chi connectivity index (χ3v) is 7.30.